The second-order valence-electron chi connectivity index (χ2n) is 4.35. The van der Waals surface area contributed by atoms with Crippen molar-refractivity contribution >= 4 is 23.4 Å². The maximum atomic E-state index is 12.6. The number of rotatable bonds is 4. The van der Waals surface area contributed by atoms with E-state index >= 15 is 0 Å². The van der Waals surface area contributed by atoms with Crippen molar-refractivity contribution in [3.63, 3.8) is 0 Å². The van der Waals surface area contributed by atoms with Gasteiger partial charge in [-0.3, -0.25) is 4.79 Å². The maximum absolute atomic E-state index is 12.6. The molecule has 0 bridgehead atoms. The molecule has 120 valence electrons. The number of ether oxygens (including phenoxy) is 1. The zero-order valence-corrected chi connectivity index (χ0v) is 11.9. The Balaban J connectivity index is 2.30. The fraction of sp³-hybridized carbons (Fsp3) is 0.143. The lowest BCUT2D eigenvalue weighted by atomic mass is 10.2. The normalized spacial score (nSPS) is 10.4. The number of amides is 1. The minimum absolute atomic E-state index is 0.0154. The highest BCUT2D eigenvalue weighted by Gasteiger charge is 2.18. The van der Waals surface area contributed by atoms with E-state index in [9.17, 15) is 18.4 Å². The monoisotopic (exact) mass is 322 g/mol. The van der Waals surface area contributed by atoms with Crippen LogP contribution in [0.25, 0.3) is 0 Å². The molecule has 1 amide bonds. The predicted octanol–water partition coefficient (Wildman–Crippen LogP) is 2.04. The van der Waals surface area contributed by atoms with Crippen molar-refractivity contribution in [3.8, 4) is 0 Å². The number of hydrogen-bond donors (Lipinski definition) is 2. The van der Waals surface area contributed by atoms with Gasteiger partial charge in [-0.05, 0) is 18.2 Å². The van der Waals surface area contributed by atoms with Gasteiger partial charge in [-0.25, -0.2) is 23.5 Å². The van der Waals surface area contributed by atoms with Crippen molar-refractivity contribution in [2.24, 2.45) is 0 Å². The molecule has 0 spiro atoms. The minimum Gasteiger partial charge on any atom is -0.465 e. The predicted molar refractivity (Wildman–Crippen MR) is 77.1 cm³/mol. The Bertz CT molecular complexity index is 753. The highest BCUT2D eigenvalue weighted by Crippen LogP contribution is 2.20. The fourth-order valence-corrected chi connectivity index (χ4v) is 1.74. The summed E-state index contributed by atoms with van der Waals surface area (Å²) in [7, 11) is 1.16. The highest BCUT2D eigenvalue weighted by molar-refractivity contribution is 6.07. The van der Waals surface area contributed by atoms with Gasteiger partial charge in [0.25, 0.3) is 12.3 Å². The first kappa shape index (κ1) is 16.3. The molecule has 23 heavy (non-hydrogen) atoms. The van der Waals surface area contributed by atoms with E-state index in [2.05, 4.69) is 20.0 Å². The Morgan fingerprint density at radius 3 is 2.74 bits per heavy atom. The van der Waals surface area contributed by atoms with Gasteiger partial charge in [0.15, 0.2) is 0 Å². The van der Waals surface area contributed by atoms with Crippen LogP contribution in [0.4, 0.5) is 20.3 Å². The van der Waals surface area contributed by atoms with Gasteiger partial charge in [-0.1, -0.05) is 6.07 Å². The summed E-state index contributed by atoms with van der Waals surface area (Å²) in [5.41, 5.74) is 4.75. The van der Waals surface area contributed by atoms with E-state index in [4.69, 9.17) is 5.73 Å². The fourth-order valence-electron chi connectivity index (χ4n) is 1.74. The van der Waals surface area contributed by atoms with E-state index in [1.54, 1.807) is 0 Å². The number of halogens is 2. The summed E-state index contributed by atoms with van der Waals surface area (Å²) >= 11 is 0. The molecule has 0 aliphatic heterocycles. The second kappa shape index (κ2) is 6.77. The van der Waals surface area contributed by atoms with Crippen LogP contribution in [-0.2, 0) is 4.74 Å². The molecule has 7 nitrogen and oxygen atoms in total. The number of nitrogens with one attached hydrogen (secondary N) is 1. The molecule has 0 aromatic carbocycles. The molecule has 2 heterocycles. The average Bonchev–Trinajstić information content (AvgIpc) is 2.55. The number of anilines is 2. The summed E-state index contributed by atoms with van der Waals surface area (Å²) in [5.74, 6) is -1.45. The molecule has 0 saturated heterocycles. The first-order chi connectivity index (χ1) is 10.9. The zero-order chi connectivity index (χ0) is 17.0. The van der Waals surface area contributed by atoms with Crippen LogP contribution in [0, 0.1) is 0 Å². The Morgan fingerprint density at radius 2 is 2.09 bits per heavy atom. The average molecular weight is 322 g/mol. The molecule has 0 radical (unpaired) electrons. The number of esters is 1. The molecule has 0 saturated carbocycles. The number of alkyl halides is 2. The Morgan fingerprint density at radius 1 is 1.35 bits per heavy atom. The van der Waals surface area contributed by atoms with Gasteiger partial charge in [0.05, 0.1) is 24.6 Å². The summed E-state index contributed by atoms with van der Waals surface area (Å²) in [4.78, 5) is 31.1. The largest absolute Gasteiger partial charge is 0.465 e. The molecule has 2 aromatic heterocycles. The van der Waals surface area contributed by atoms with Crippen molar-refractivity contribution in [1.82, 2.24) is 9.97 Å². The van der Waals surface area contributed by atoms with Gasteiger partial charge < -0.3 is 15.8 Å². The van der Waals surface area contributed by atoms with E-state index < -0.39 is 24.0 Å². The third kappa shape index (κ3) is 3.76. The number of carbonyl (C=O) groups excluding carboxylic acids is 2. The maximum Gasteiger partial charge on any atom is 0.340 e. The molecule has 0 aliphatic rings. The van der Waals surface area contributed by atoms with Crippen molar-refractivity contribution < 1.29 is 23.1 Å². The van der Waals surface area contributed by atoms with Crippen LogP contribution < -0.4 is 11.1 Å². The molecule has 0 unspecified atom stereocenters. The molecule has 0 aliphatic carbocycles. The minimum atomic E-state index is -2.80. The summed E-state index contributed by atoms with van der Waals surface area (Å²) in [6.07, 6.45) is -1.64. The molecule has 9 heteroatoms. The van der Waals surface area contributed by atoms with Gasteiger partial charge >= 0.3 is 5.97 Å². The molecular formula is C14H12F2N4O3. The van der Waals surface area contributed by atoms with E-state index in [-0.39, 0.29) is 22.8 Å². The Hall–Kier alpha value is -3.10. The second-order valence-corrected chi connectivity index (χ2v) is 4.35. The number of pyridine rings is 2. The summed E-state index contributed by atoms with van der Waals surface area (Å²) in [6.45, 7) is 0. The molecule has 3 N–H and O–H groups in total. The Kier molecular flexibility index (Phi) is 4.79. The van der Waals surface area contributed by atoms with Crippen LogP contribution >= 0.6 is 0 Å². The molecule has 0 atom stereocenters. The number of nitrogens with zero attached hydrogens (tertiary/aromatic N) is 2. The van der Waals surface area contributed by atoms with Crippen LogP contribution in [0.2, 0.25) is 0 Å². The van der Waals surface area contributed by atoms with Crippen molar-refractivity contribution in [3.05, 3.63) is 47.4 Å². The van der Waals surface area contributed by atoms with Crippen LogP contribution in [0.15, 0.2) is 30.5 Å². The lowest BCUT2D eigenvalue weighted by Gasteiger charge is -2.10. The number of nitrogens with two attached hydrogens (primary N) is 1. The van der Waals surface area contributed by atoms with Crippen LogP contribution in [0.1, 0.15) is 33.0 Å². The number of aromatic nitrogens is 2. The smallest absolute Gasteiger partial charge is 0.340 e. The molecular weight excluding hydrogens is 310 g/mol. The third-order valence-electron chi connectivity index (χ3n) is 2.81. The van der Waals surface area contributed by atoms with Gasteiger partial charge in [0.1, 0.15) is 17.2 Å². The number of nitrogen functional groups attached to an aromatic ring is 1. The van der Waals surface area contributed by atoms with Crippen LogP contribution in [0.3, 0.4) is 0 Å². The molecule has 2 aromatic rings. The first-order valence-electron chi connectivity index (χ1n) is 6.32. The van der Waals surface area contributed by atoms with E-state index in [0.29, 0.717) is 0 Å². The Labute approximate surface area is 129 Å². The van der Waals surface area contributed by atoms with Gasteiger partial charge in [0, 0.05) is 0 Å². The number of hydrogen-bond acceptors (Lipinski definition) is 6. The highest BCUT2D eigenvalue weighted by atomic mass is 19.3. The molecule has 0 fully saturated rings. The number of carbonyl (C=O) groups is 2. The van der Waals surface area contributed by atoms with E-state index in [0.717, 1.165) is 19.4 Å². The first-order valence-corrected chi connectivity index (χ1v) is 6.32. The van der Waals surface area contributed by atoms with Crippen molar-refractivity contribution in [2.75, 3.05) is 18.2 Å². The van der Waals surface area contributed by atoms with Crippen LogP contribution in [-0.4, -0.2) is 29.0 Å². The quantitative estimate of drug-likeness (QED) is 0.834. The van der Waals surface area contributed by atoms with Gasteiger partial charge in [-0.2, -0.15) is 0 Å². The molecule has 2 rings (SSSR count). The number of methoxy groups -OCH3 is 1. The standard InChI is InChI=1S/C14H12F2N4O3/c1-23-14(22)7-5-11(17)18-6-10(7)20-13(21)9-4-2-3-8(19-9)12(15)16/h2-6,12H,1H3,(H2,17,18)(H,20,21). The lowest BCUT2D eigenvalue weighted by molar-refractivity contribution is 0.0602. The van der Waals surface area contributed by atoms with E-state index in [1.165, 1.54) is 18.2 Å². The van der Waals surface area contributed by atoms with E-state index in [1.807, 2.05) is 0 Å². The summed E-state index contributed by atoms with van der Waals surface area (Å²) in [6, 6.07) is 4.88. The zero-order valence-electron chi connectivity index (χ0n) is 11.9. The topological polar surface area (TPSA) is 107 Å². The van der Waals surface area contributed by atoms with Gasteiger partial charge in [0.2, 0.25) is 0 Å². The third-order valence-corrected chi connectivity index (χ3v) is 2.81. The lowest BCUT2D eigenvalue weighted by Crippen LogP contribution is -2.17. The summed E-state index contributed by atoms with van der Waals surface area (Å²) < 4.78 is 29.8. The SMILES string of the molecule is COC(=O)c1cc(N)ncc1NC(=O)c1cccc(C(F)F)n1. The summed E-state index contributed by atoms with van der Waals surface area (Å²) in [5, 5.41) is 2.37. The van der Waals surface area contributed by atoms with Crippen LogP contribution in [0.5, 0.6) is 0 Å². The van der Waals surface area contributed by atoms with Gasteiger partial charge in [-0.15, -0.1) is 0 Å². The van der Waals surface area contributed by atoms with Crippen molar-refractivity contribution in [2.45, 2.75) is 6.43 Å². The van der Waals surface area contributed by atoms with Crippen molar-refractivity contribution in [1.29, 1.82) is 0 Å².